The van der Waals surface area contributed by atoms with Crippen LogP contribution in [0.15, 0.2) is 30.3 Å². The number of likely N-dealkylation sites (tertiary alicyclic amines) is 1. The maximum atomic E-state index is 12.0. The summed E-state index contributed by atoms with van der Waals surface area (Å²) >= 11 is 0. The smallest absolute Gasteiger partial charge is 0.223 e. The van der Waals surface area contributed by atoms with E-state index in [1.165, 1.54) is 5.56 Å². The van der Waals surface area contributed by atoms with Crippen LogP contribution in [0.3, 0.4) is 0 Å². The van der Waals surface area contributed by atoms with Crippen molar-refractivity contribution >= 4 is 18.3 Å². The Kier molecular flexibility index (Phi) is 5.63. The van der Waals surface area contributed by atoms with E-state index in [4.69, 9.17) is 5.73 Å². The molecule has 0 aromatic heterocycles. The molecule has 0 saturated carbocycles. The fourth-order valence-corrected chi connectivity index (χ4v) is 2.30. The number of nitrogens with two attached hydrogens (primary N) is 1. The van der Waals surface area contributed by atoms with Crippen LogP contribution in [0.25, 0.3) is 0 Å². The molecule has 0 aliphatic carbocycles. The second kappa shape index (κ2) is 6.76. The molecule has 2 rings (SSSR count). The molecule has 0 bridgehead atoms. The van der Waals surface area contributed by atoms with Crippen molar-refractivity contribution in [1.82, 2.24) is 4.90 Å². The van der Waals surface area contributed by atoms with Crippen molar-refractivity contribution in [2.24, 2.45) is 5.73 Å². The van der Waals surface area contributed by atoms with Gasteiger partial charge < -0.3 is 10.6 Å². The van der Waals surface area contributed by atoms with Crippen LogP contribution in [-0.4, -0.2) is 29.9 Å². The highest BCUT2D eigenvalue weighted by molar-refractivity contribution is 5.85. The molecule has 1 aromatic carbocycles. The summed E-state index contributed by atoms with van der Waals surface area (Å²) in [6.45, 7) is 3.64. The Balaban J connectivity index is 0.00000162. The predicted molar refractivity (Wildman–Crippen MR) is 75.9 cm³/mol. The van der Waals surface area contributed by atoms with Gasteiger partial charge in [0, 0.05) is 25.6 Å². The summed E-state index contributed by atoms with van der Waals surface area (Å²) in [5.41, 5.74) is 7.04. The number of hydrogen-bond donors (Lipinski definition) is 1. The normalized spacial score (nSPS) is 20.3. The van der Waals surface area contributed by atoms with E-state index in [2.05, 4.69) is 19.1 Å². The zero-order chi connectivity index (χ0) is 12.3. The molecule has 1 heterocycles. The minimum Gasteiger partial charge on any atom is -0.341 e. The zero-order valence-electron chi connectivity index (χ0n) is 10.7. The highest BCUT2D eigenvalue weighted by Gasteiger charge is 2.24. The van der Waals surface area contributed by atoms with E-state index >= 15 is 0 Å². The van der Waals surface area contributed by atoms with Gasteiger partial charge in [-0.05, 0) is 17.9 Å². The number of rotatable bonds is 3. The molecule has 2 atom stereocenters. The first-order valence-electron chi connectivity index (χ1n) is 6.25. The van der Waals surface area contributed by atoms with Gasteiger partial charge in [-0.1, -0.05) is 37.3 Å². The summed E-state index contributed by atoms with van der Waals surface area (Å²) < 4.78 is 0. The Morgan fingerprint density at radius 1 is 1.44 bits per heavy atom. The Labute approximate surface area is 115 Å². The van der Waals surface area contributed by atoms with Gasteiger partial charge >= 0.3 is 0 Å². The van der Waals surface area contributed by atoms with E-state index in [0.717, 1.165) is 19.5 Å². The Bertz CT molecular complexity index is 383. The van der Waals surface area contributed by atoms with Crippen LogP contribution in [0.1, 0.15) is 31.2 Å². The lowest BCUT2D eigenvalue weighted by Crippen LogP contribution is -2.32. The first kappa shape index (κ1) is 15.0. The van der Waals surface area contributed by atoms with Crippen LogP contribution in [0.2, 0.25) is 0 Å². The van der Waals surface area contributed by atoms with Gasteiger partial charge in [-0.3, -0.25) is 4.79 Å². The van der Waals surface area contributed by atoms with Gasteiger partial charge in [-0.25, -0.2) is 0 Å². The molecule has 2 N–H and O–H groups in total. The number of carbonyl (C=O) groups excluding carboxylic acids is 1. The molecule has 3 nitrogen and oxygen atoms in total. The summed E-state index contributed by atoms with van der Waals surface area (Å²) in [5.74, 6) is 0.509. The fourth-order valence-electron chi connectivity index (χ4n) is 2.30. The molecule has 1 saturated heterocycles. The van der Waals surface area contributed by atoms with Gasteiger partial charge in [0.15, 0.2) is 0 Å². The first-order chi connectivity index (χ1) is 8.16. The highest BCUT2D eigenvalue weighted by Crippen LogP contribution is 2.20. The van der Waals surface area contributed by atoms with Gasteiger partial charge in [-0.15, -0.1) is 12.4 Å². The topological polar surface area (TPSA) is 46.3 Å². The van der Waals surface area contributed by atoms with Crippen LogP contribution in [-0.2, 0) is 4.79 Å². The summed E-state index contributed by atoms with van der Waals surface area (Å²) in [6, 6.07) is 10.4. The van der Waals surface area contributed by atoms with Crippen molar-refractivity contribution in [2.45, 2.75) is 31.7 Å². The van der Waals surface area contributed by atoms with Crippen molar-refractivity contribution in [3.63, 3.8) is 0 Å². The molecule has 1 aromatic rings. The quantitative estimate of drug-likeness (QED) is 0.913. The molecular weight excluding hydrogens is 248 g/mol. The van der Waals surface area contributed by atoms with Gasteiger partial charge in [0.25, 0.3) is 0 Å². The number of nitrogens with zero attached hydrogens (tertiary/aromatic N) is 1. The molecular formula is C14H21ClN2O. The van der Waals surface area contributed by atoms with Crippen molar-refractivity contribution in [3.05, 3.63) is 35.9 Å². The van der Waals surface area contributed by atoms with Crippen LogP contribution in [0, 0.1) is 0 Å². The first-order valence-corrected chi connectivity index (χ1v) is 6.25. The number of amides is 1. The van der Waals surface area contributed by atoms with Crippen molar-refractivity contribution in [2.75, 3.05) is 13.1 Å². The van der Waals surface area contributed by atoms with Gasteiger partial charge in [-0.2, -0.15) is 0 Å². The van der Waals surface area contributed by atoms with Crippen LogP contribution in [0.5, 0.6) is 0 Å². The van der Waals surface area contributed by atoms with Gasteiger partial charge in [0.2, 0.25) is 5.91 Å². The minimum atomic E-state index is 0. The molecule has 18 heavy (non-hydrogen) atoms. The van der Waals surface area contributed by atoms with Crippen LogP contribution in [0.4, 0.5) is 0 Å². The van der Waals surface area contributed by atoms with E-state index in [-0.39, 0.29) is 30.3 Å². The van der Waals surface area contributed by atoms with E-state index in [9.17, 15) is 4.79 Å². The second-order valence-electron chi connectivity index (χ2n) is 4.90. The van der Waals surface area contributed by atoms with Gasteiger partial charge in [0.1, 0.15) is 0 Å². The zero-order valence-corrected chi connectivity index (χ0v) is 11.5. The third-order valence-corrected chi connectivity index (χ3v) is 3.43. The largest absolute Gasteiger partial charge is 0.341 e. The average molecular weight is 269 g/mol. The summed E-state index contributed by atoms with van der Waals surface area (Å²) in [5, 5.41) is 0. The summed E-state index contributed by atoms with van der Waals surface area (Å²) in [6.07, 6.45) is 1.52. The Morgan fingerprint density at radius 2 is 2.11 bits per heavy atom. The SMILES string of the molecule is CC(CC(=O)N1CC[C@@H](N)C1)c1ccccc1.Cl. The standard InChI is InChI=1S/C14H20N2O.ClH/c1-11(12-5-3-2-4-6-12)9-14(17)16-8-7-13(15)10-16;/h2-6,11,13H,7-10,15H2,1H3;1H/t11?,13-;/m1./s1. The van der Waals surface area contributed by atoms with Crippen LogP contribution >= 0.6 is 12.4 Å². The van der Waals surface area contributed by atoms with E-state index in [0.29, 0.717) is 6.42 Å². The highest BCUT2D eigenvalue weighted by atomic mass is 35.5. The molecule has 1 amide bonds. The Morgan fingerprint density at radius 3 is 2.67 bits per heavy atom. The monoisotopic (exact) mass is 268 g/mol. The number of benzene rings is 1. The molecule has 4 heteroatoms. The molecule has 0 spiro atoms. The second-order valence-corrected chi connectivity index (χ2v) is 4.90. The average Bonchev–Trinajstić information content (AvgIpc) is 2.77. The third kappa shape index (κ3) is 3.72. The fraction of sp³-hybridized carbons (Fsp3) is 0.500. The molecule has 1 aliphatic heterocycles. The lowest BCUT2D eigenvalue weighted by Gasteiger charge is -2.18. The molecule has 1 aliphatic rings. The summed E-state index contributed by atoms with van der Waals surface area (Å²) in [7, 11) is 0. The Hall–Kier alpha value is -1.06. The lowest BCUT2D eigenvalue weighted by atomic mass is 9.97. The van der Waals surface area contributed by atoms with Gasteiger partial charge in [0.05, 0.1) is 0 Å². The van der Waals surface area contributed by atoms with Crippen molar-refractivity contribution in [3.8, 4) is 0 Å². The summed E-state index contributed by atoms with van der Waals surface area (Å²) in [4.78, 5) is 13.9. The van der Waals surface area contributed by atoms with Crippen molar-refractivity contribution in [1.29, 1.82) is 0 Å². The van der Waals surface area contributed by atoms with E-state index < -0.39 is 0 Å². The van der Waals surface area contributed by atoms with Crippen LogP contribution < -0.4 is 5.73 Å². The maximum Gasteiger partial charge on any atom is 0.223 e. The van der Waals surface area contributed by atoms with E-state index in [1.54, 1.807) is 0 Å². The number of hydrogen-bond acceptors (Lipinski definition) is 2. The predicted octanol–water partition coefficient (Wildman–Crippen LogP) is 2.16. The lowest BCUT2D eigenvalue weighted by molar-refractivity contribution is -0.130. The third-order valence-electron chi connectivity index (χ3n) is 3.43. The minimum absolute atomic E-state index is 0. The number of carbonyl (C=O) groups is 1. The molecule has 1 unspecified atom stereocenters. The molecule has 1 fully saturated rings. The number of halogens is 1. The van der Waals surface area contributed by atoms with E-state index in [1.807, 2.05) is 23.1 Å². The molecule has 100 valence electrons. The maximum absolute atomic E-state index is 12.0. The molecule has 0 radical (unpaired) electrons. The van der Waals surface area contributed by atoms with Crippen molar-refractivity contribution < 1.29 is 4.79 Å².